The molecule has 2 N–H and O–H groups in total. The maximum Gasteiger partial charge on any atom is 0.337 e. The lowest BCUT2D eigenvalue weighted by molar-refractivity contribution is 0.0401. The molecule has 23 heavy (non-hydrogen) atoms. The third-order valence-electron chi connectivity index (χ3n) is 4.10. The topological polar surface area (TPSA) is 98.9 Å². The zero-order chi connectivity index (χ0) is 17.0. The molecule has 1 fully saturated rings. The third kappa shape index (κ3) is 3.72. The van der Waals surface area contributed by atoms with Gasteiger partial charge in [0.1, 0.15) is 0 Å². The molecule has 1 saturated heterocycles. The molecule has 1 aliphatic heterocycles. The van der Waals surface area contributed by atoms with Gasteiger partial charge in [0, 0.05) is 26.2 Å². The van der Waals surface area contributed by atoms with Gasteiger partial charge in [0.15, 0.2) is 0 Å². The highest BCUT2D eigenvalue weighted by Crippen LogP contribution is 2.26. The number of carbonyl (C=O) groups is 1. The molecule has 0 saturated carbocycles. The summed E-state index contributed by atoms with van der Waals surface area (Å²) in [4.78, 5) is 11.6. The van der Waals surface area contributed by atoms with Crippen LogP contribution in [0.2, 0.25) is 0 Å². The Hall–Kier alpha value is -1.48. The van der Waals surface area contributed by atoms with Gasteiger partial charge < -0.3 is 15.2 Å². The molecule has 0 amide bonds. The molecule has 1 aromatic carbocycles. The number of sulfonamides is 1. The highest BCUT2D eigenvalue weighted by molar-refractivity contribution is 7.89. The van der Waals surface area contributed by atoms with E-state index in [0.29, 0.717) is 24.9 Å². The number of rotatable bonds is 5. The van der Waals surface area contributed by atoms with Gasteiger partial charge in [-0.15, -0.1) is 0 Å². The number of nitrogens with two attached hydrogens (primary N) is 1. The summed E-state index contributed by atoms with van der Waals surface area (Å²) in [6, 6.07) is 5.42. The predicted octanol–water partition coefficient (Wildman–Crippen LogP) is 0.600. The molecule has 8 heteroatoms. The minimum Gasteiger partial charge on any atom is -0.465 e. The van der Waals surface area contributed by atoms with Crippen molar-refractivity contribution in [2.45, 2.75) is 29.9 Å². The maximum atomic E-state index is 12.8. The van der Waals surface area contributed by atoms with Crippen LogP contribution in [0.25, 0.3) is 0 Å². The number of piperidine rings is 1. The first-order valence-electron chi connectivity index (χ1n) is 7.37. The van der Waals surface area contributed by atoms with Gasteiger partial charge in [0.25, 0.3) is 0 Å². The molecule has 128 valence electrons. The molecule has 1 aliphatic rings. The second-order valence-electron chi connectivity index (χ2n) is 5.40. The van der Waals surface area contributed by atoms with Gasteiger partial charge in [-0.3, -0.25) is 0 Å². The number of benzene rings is 1. The van der Waals surface area contributed by atoms with Crippen molar-refractivity contribution in [3.05, 3.63) is 29.8 Å². The predicted molar refractivity (Wildman–Crippen MR) is 84.5 cm³/mol. The van der Waals surface area contributed by atoms with Crippen LogP contribution >= 0.6 is 0 Å². The first-order chi connectivity index (χ1) is 10.9. The van der Waals surface area contributed by atoms with Gasteiger partial charge in [-0.25, -0.2) is 13.2 Å². The molecule has 2 unspecified atom stereocenters. The Morgan fingerprint density at radius 1 is 1.30 bits per heavy atom. The Morgan fingerprint density at radius 2 is 1.96 bits per heavy atom. The number of ether oxygens (including phenoxy) is 2. The van der Waals surface area contributed by atoms with Crippen LogP contribution < -0.4 is 5.73 Å². The molecule has 1 aromatic rings. The van der Waals surface area contributed by atoms with Gasteiger partial charge >= 0.3 is 5.97 Å². The van der Waals surface area contributed by atoms with Crippen molar-refractivity contribution < 1.29 is 22.7 Å². The summed E-state index contributed by atoms with van der Waals surface area (Å²) >= 11 is 0. The summed E-state index contributed by atoms with van der Waals surface area (Å²) in [7, 11) is -0.763. The highest BCUT2D eigenvalue weighted by Gasteiger charge is 2.36. The minimum atomic E-state index is -3.66. The molecule has 0 aromatic heterocycles. The van der Waals surface area contributed by atoms with Crippen molar-refractivity contribution in [3.63, 3.8) is 0 Å². The Morgan fingerprint density at radius 3 is 2.48 bits per heavy atom. The van der Waals surface area contributed by atoms with Crippen LogP contribution in [-0.2, 0) is 19.5 Å². The van der Waals surface area contributed by atoms with Crippen LogP contribution in [0.5, 0.6) is 0 Å². The van der Waals surface area contributed by atoms with Crippen LogP contribution in [-0.4, -0.2) is 58.1 Å². The van der Waals surface area contributed by atoms with Crippen molar-refractivity contribution in [2.24, 2.45) is 5.73 Å². The lowest BCUT2D eigenvalue weighted by Crippen LogP contribution is -2.51. The molecule has 2 atom stereocenters. The maximum absolute atomic E-state index is 12.8. The molecule has 7 nitrogen and oxygen atoms in total. The molecule has 0 aliphatic carbocycles. The number of hydrogen-bond donors (Lipinski definition) is 1. The van der Waals surface area contributed by atoms with E-state index in [1.54, 1.807) is 7.11 Å². The summed E-state index contributed by atoms with van der Waals surface area (Å²) in [5, 5.41) is 0. The average molecular weight is 342 g/mol. The summed E-state index contributed by atoms with van der Waals surface area (Å²) in [6.45, 7) is 0.598. The Labute approximate surface area is 136 Å². The largest absolute Gasteiger partial charge is 0.465 e. The van der Waals surface area contributed by atoms with Crippen molar-refractivity contribution in [2.75, 3.05) is 27.3 Å². The van der Waals surface area contributed by atoms with Gasteiger partial charge in [-0.05, 0) is 37.1 Å². The van der Waals surface area contributed by atoms with Crippen LogP contribution in [0.15, 0.2) is 29.2 Å². The molecular formula is C15H22N2O5S. The fourth-order valence-electron chi connectivity index (χ4n) is 2.75. The number of hydrogen-bond acceptors (Lipinski definition) is 6. The molecule has 0 bridgehead atoms. The van der Waals surface area contributed by atoms with Gasteiger partial charge in [0.05, 0.1) is 23.7 Å². The third-order valence-corrected chi connectivity index (χ3v) is 6.07. The summed E-state index contributed by atoms with van der Waals surface area (Å²) in [5.74, 6) is -0.505. The monoisotopic (exact) mass is 342 g/mol. The summed E-state index contributed by atoms with van der Waals surface area (Å²) < 4.78 is 37.0. The van der Waals surface area contributed by atoms with Gasteiger partial charge in [-0.2, -0.15) is 4.31 Å². The standard InChI is InChI=1S/C15H22N2O5S/c1-21-13-7-8-17(12(9-13)10-16)23(19,20)14-5-3-11(4-6-14)15(18)22-2/h3-6,12-13H,7-10,16H2,1-2H3. The van der Waals surface area contributed by atoms with Crippen molar-refractivity contribution in [3.8, 4) is 0 Å². The summed E-state index contributed by atoms with van der Waals surface area (Å²) in [5.41, 5.74) is 6.05. The zero-order valence-electron chi connectivity index (χ0n) is 13.3. The number of esters is 1. The average Bonchev–Trinajstić information content (AvgIpc) is 2.60. The van der Waals surface area contributed by atoms with Crippen molar-refractivity contribution in [1.29, 1.82) is 0 Å². The quantitative estimate of drug-likeness (QED) is 0.787. The first kappa shape index (κ1) is 17.9. The molecule has 0 radical (unpaired) electrons. The zero-order valence-corrected chi connectivity index (χ0v) is 14.1. The van der Waals surface area contributed by atoms with Crippen LogP contribution in [0, 0.1) is 0 Å². The van der Waals surface area contributed by atoms with E-state index < -0.39 is 16.0 Å². The van der Waals surface area contributed by atoms with Gasteiger partial charge in [-0.1, -0.05) is 0 Å². The second kappa shape index (κ2) is 7.39. The van der Waals surface area contributed by atoms with Crippen molar-refractivity contribution >= 4 is 16.0 Å². The Kier molecular flexibility index (Phi) is 5.74. The van der Waals surface area contributed by atoms with E-state index in [0.717, 1.165) is 0 Å². The van der Waals surface area contributed by atoms with Crippen LogP contribution in [0.3, 0.4) is 0 Å². The van der Waals surface area contributed by atoms with Crippen molar-refractivity contribution in [1.82, 2.24) is 4.31 Å². The number of nitrogens with zero attached hydrogens (tertiary/aromatic N) is 1. The second-order valence-corrected chi connectivity index (χ2v) is 7.29. The van der Waals surface area contributed by atoms with E-state index >= 15 is 0 Å². The molecule has 0 spiro atoms. The fraction of sp³-hybridized carbons (Fsp3) is 0.533. The fourth-order valence-corrected chi connectivity index (χ4v) is 4.41. The van der Waals surface area contributed by atoms with E-state index in [2.05, 4.69) is 4.74 Å². The smallest absolute Gasteiger partial charge is 0.337 e. The van der Waals surface area contributed by atoms with E-state index in [1.807, 2.05) is 0 Å². The van der Waals surface area contributed by atoms with Gasteiger partial charge in [0.2, 0.25) is 10.0 Å². The molecule has 2 rings (SSSR count). The minimum absolute atomic E-state index is 0.0247. The normalized spacial score (nSPS) is 22.7. The Balaban J connectivity index is 2.25. The molecular weight excluding hydrogens is 320 g/mol. The summed E-state index contributed by atoms with van der Waals surface area (Å²) in [6.07, 6.45) is 1.23. The van der Waals surface area contributed by atoms with Crippen LogP contribution in [0.1, 0.15) is 23.2 Å². The lowest BCUT2D eigenvalue weighted by atomic mass is 10.0. The number of carbonyl (C=O) groups excluding carboxylic acids is 1. The van der Waals surface area contributed by atoms with Crippen LogP contribution in [0.4, 0.5) is 0 Å². The SMILES string of the molecule is COC(=O)c1ccc(S(=O)(=O)N2CCC(OC)CC2CN)cc1. The first-order valence-corrected chi connectivity index (χ1v) is 8.81. The number of methoxy groups -OCH3 is 2. The van der Waals surface area contributed by atoms with E-state index in [1.165, 1.54) is 35.7 Å². The lowest BCUT2D eigenvalue weighted by Gasteiger charge is -2.37. The molecule has 1 heterocycles. The van der Waals surface area contributed by atoms with E-state index in [9.17, 15) is 13.2 Å². The highest BCUT2D eigenvalue weighted by atomic mass is 32.2. The van der Waals surface area contributed by atoms with E-state index in [-0.39, 0.29) is 23.6 Å². The Bertz CT molecular complexity index is 644. The van der Waals surface area contributed by atoms with E-state index in [4.69, 9.17) is 10.5 Å².